The van der Waals surface area contributed by atoms with Gasteiger partial charge in [-0.05, 0) is 25.3 Å². The summed E-state index contributed by atoms with van der Waals surface area (Å²) in [5.74, 6) is 0.701. The van der Waals surface area contributed by atoms with Crippen LogP contribution in [-0.4, -0.2) is 17.6 Å². The van der Waals surface area contributed by atoms with Crippen molar-refractivity contribution in [2.24, 2.45) is 0 Å². The van der Waals surface area contributed by atoms with Crippen molar-refractivity contribution in [3.05, 3.63) is 52.9 Å². The van der Waals surface area contributed by atoms with Gasteiger partial charge < -0.3 is 9.84 Å². The van der Waals surface area contributed by atoms with E-state index in [0.29, 0.717) is 23.6 Å². The molecule has 1 aromatic heterocycles. The number of benzene rings is 1. The van der Waals surface area contributed by atoms with E-state index in [4.69, 9.17) is 4.52 Å². The maximum atomic E-state index is 12.1. The molecule has 0 bridgehead atoms. The van der Waals surface area contributed by atoms with Crippen LogP contribution in [0.4, 0.5) is 0 Å². The molecular formula is C15H18N2O2. The number of rotatable bonds is 4. The average molecular weight is 258 g/mol. The SMILES string of the molecule is Cc1noc(C)c1C(=O)NCC(C)c1ccccc1. The first-order chi connectivity index (χ1) is 9.09. The lowest BCUT2D eigenvalue weighted by Gasteiger charge is -2.12. The number of hydrogen-bond donors (Lipinski definition) is 1. The highest BCUT2D eigenvalue weighted by Gasteiger charge is 2.17. The molecular weight excluding hydrogens is 240 g/mol. The van der Waals surface area contributed by atoms with Crippen molar-refractivity contribution in [1.82, 2.24) is 10.5 Å². The lowest BCUT2D eigenvalue weighted by molar-refractivity contribution is 0.0949. The van der Waals surface area contributed by atoms with Gasteiger partial charge in [-0.3, -0.25) is 4.79 Å². The fourth-order valence-electron chi connectivity index (χ4n) is 2.04. The molecule has 0 fully saturated rings. The molecule has 0 radical (unpaired) electrons. The second-order valence-electron chi connectivity index (χ2n) is 4.72. The fraction of sp³-hybridized carbons (Fsp3) is 0.333. The van der Waals surface area contributed by atoms with Crippen molar-refractivity contribution < 1.29 is 9.32 Å². The van der Waals surface area contributed by atoms with Gasteiger partial charge in [0.1, 0.15) is 11.3 Å². The van der Waals surface area contributed by atoms with Crippen molar-refractivity contribution in [2.75, 3.05) is 6.54 Å². The van der Waals surface area contributed by atoms with E-state index in [1.807, 2.05) is 18.2 Å². The van der Waals surface area contributed by atoms with Gasteiger partial charge in [0.05, 0.1) is 5.69 Å². The molecule has 1 N–H and O–H groups in total. The Hall–Kier alpha value is -2.10. The third-order valence-corrected chi connectivity index (χ3v) is 3.20. The molecule has 0 spiro atoms. The first-order valence-electron chi connectivity index (χ1n) is 6.35. The third-order valence-electron chi connectivity index (χ3n) is 3.20. The zero-order valence-electron chi connectivity index (χ0n) is 11.4. The zero-order chi connectivity index (χ0) is 13.8. The molecule has 0 aliphatic rings. The number of carbonyl (C=O) groups excluding carboxylic acids is 1. The molecule has 1 atom stereocenters. The summed E-state index contributed by atoms with van der Waals surface area (Å²) in [5.41, 5.74) is 2.38. The maximum absolute atomic E-state index is 12.1. The van der Waals surface area contributed by atoms with Crippen LogP contribution in [0.1, 0.15) is 40.2 Å². The average Bonchev–Trinajstić information content (AvgIpc) is 2.76. The molecule has 1 heterocycles. The number of carbonyl (C=O) groups is 1. The van der Waals surface area contributed by atoms with E-state index in [1.165, 1.54) is 5.56 Å². The molecule has 0 aliphatic heterocycles. The van der Waals surface area contributed by atoms with Gasteiger partial charge in [0.25, 0.3) is 5.91 Å². The van der Waals surface area contributed by atoms with Crippen molar-refractivity contribution in [2.45, 2.75) is 26.7 Å². The van der Waals surface area contributed by atoms with Gasteiger partial charge in [0.15, 0.2) is 0 Å². The molecule has 0 saturated heterocycles. The summed E-state index contributed by atoms with van der Waals surface area (Å²) >= 11 is 0. The number of aryl methyl sites for hydroxylation is 2. The van der Waals surface area contributed by atoms with E-state index in [9.17, 15) is 4.79 Å². The molecule has 1 aromatic carbocycles. The van der Waals surface area contributed by atoms with Crippen LogP contribution in [0.3, 0.4) is 0 Å². The lowest BCUT2D eigenvalue weighted by Crippen LogP contribution is -2.28. The minimum atomic E-state index is -0.126. The van der Waals surface area contributed by atoms with Gasteiger partial charge in [0.2, 0.25) is 0 Å². The second kappa shape index (κ2) is 5.69. The topological polar surface area (TPSA) is 55.1 Å². The number of amides is 1. The Balaban J connectivity index is 1.98. The minimum absolute atomic E-state index is 0.126. The van der Waals surface area contributed by atoms with Crippen LogP contribution < -0.4 is 5.32 Å². The number of nitrogens with zero attached hydrogens (tertiary/aromatic N) is 1. The van der Waals surface area contributed by atoms with Gasteiger partial charge >= 0.3 is 0 Å². The van der Waals surface area contributed by atoms with E-state index in [0.717, 1.165) is 0 Å². The highest BCUT2D eigenvalue weighted by molar-refractivity contribution is 5.96. The summed E-state index contributed by atoms with van der Waals surface area (Å²) in [6.07, 6.45) is 0. The predicted molar refractivity (Wildman–Crippen MR) is 73.2 cm³/mol. The highest BCUT2D eigenvalue weighted by Crippen LogP contribution is 2.15. The standard InChI is InChI=1S/C15H18N2O2/c1-10(13-7-5-4-6-8-13)9-16-15(18)14-11(2)17-19-12(14)3/h4-8,10H,9H2,1-3H3,(H,16,18). The van der Waals surface area contributed by atoms with Crippen LogP contribution in [0.2, 0.25) is 0 Å². The number of hydrogen-bond acceptors (Lipinski definition) is 3. The zero-order valence-corrected chi connectivity index (χ0v) is 11.4. The Bertz CT molecular complexity index is 541. The van der Waals surface area contributed by atoms with Gasteiger partial charge in [-0.15, -0.1) is 0 Å². The molecule has 19 heavy (non-hydrogen) atoms. The van der Waals surface area contributed by atoms with Crippen LogP contribution in [-0.2, 0) is 0 Å². The predicted octanol–water partition coefficient (Wildman–Crippen LogP) is 2.82. The van der Waals surface area contributed by atoms with E-state index < -0.39 is 0 Å². The van der Waals surface area contributed by atoms with Gasteiger partial charge in [-0.25, -0.2) is 0 Å². The number of nitrogens with one attached hydrogen (secondary N) is 1. The molecule has 4 heteroatoms. The molecule has 1 amide bonds. The molecule has 0 saturated carbocycles. The Morgan fingerprint density at radius 3 is 2.58 bits per heavy atom. The van der Waals surface area contributed by atoms with E-state index in [-0.39, 0.29) is 11.8 Å². The smallest absolute Gasteiger partial charge is 0.256 e. The maximum Gasteiger partial charge on any atom is 0.256 e. The van der Waals surface area contributed by atoms with E-state index >= 15 is 0 Å². The summed E-state index contributed by atoms with van der Waals surface area (Å²) in [5, 5.41) is 6.71. The van der Waals surface area contributed by atoms with Crippen molar-refractivity contribution in [3.8, 4) is 0 Å². The summed E-state index contributed by atoms with van der Waals surface area (Å²) in [6.45, 7) is 6.19. The highest BCUT2D eigenvalue weighted by atomic mass is 16.5. The van der Waals surface area contributed by atoms with Crippen LogP contribution in [0, 0.1) is 13.8 Å². The molecule has 2 aromatic rings. The molecule has 4 nitrogen and oxygen atoms in total. The third kappa shape index (κ3) is 3.02. The minimum Gasteiger partial charge on any atom is -0.361 e. The molecule has 100 valence electrons. The van der Waals surface area contributed by atoms with Crippen LogP contribution >= 0.6 is 0 Å². The summed E-state index contributed by atoms with van der Waals surface area (Å²) in [6, 6.07) is 10.1. The van der Waals surface area contributed by atoms with Crippen molar-refractivity contribution >= 4 is 5.91 Å². The Morgan fingerprint density at radius 1 is 1.32 bits per heavy atom. The summed E-state index contributed by atoms with van der Waals surface area (Å²) in [4.78, 5) is 12.1. The largest absolute Gasteiger partial charge is 0.361 e. The first-order valence-corrected chi connectivity index (χ1v) is 6.35. The van der Waals surface area contributed by atoms with Gasteiger partial charge in [-0.2, -0.15) is 0 Å². The number of aromatic nitrogens is 1. The van der Waals surface area contributed by atoms with Crippen LogP contribution in [0.15, 0.2) is 34.9 Å². The first kappa shape index (κ1) is 13.3. The lowest BCUT2D eigenvalue weighted by atomic mass is 10.0. The van der Waals surface area contributed by atoms with Crippen LogP contribution in [0.25, 0.3) is 0 Å². The Labute approximate surface area is 112 Å². The quantitative estimate of drug-likeness (QED) is 0.917. The Morgan fingerprint density at radius 2 is 2.00 bits per heavy atom. The molecule has 2 rings (SSSR count). The normalized spacial score (nSPS) is 12.2. The van der Waals surface area contributed by atoms with Gasteiger partial charge in [0, 0.05) is 6.54 Å². The summed E-state index contributed by atoms with van der Waals surface area (Å²) in [7, 11) is 0. The Kier molecular flexibility index (Phi) is 4.00. The molecule has 0 aliphatic carbocycles. The van der Waals surface area contributed by atoms with Gasteiger partial charge in [-0.1, -0.05) is 42.4 Å². The van der Waals surface area contributed by atoms with Crippen molar-refractivity contribution in [1.29, 1.82) is 0 Å². The summed E-state index contributed by atoms with van der Waals surface area (Å²) < 4.78 is 5.00. The molecule has 1 unspecified atom stereocenters. The monoisotopic (exact) mass is 258 g/mol. The van der Waals surface area contributed by atoms with E-state index in [2.05, 4.69) is 29.5 Å². The second-order valence-corrected chi connectivity index (χ2v) is 4.72. The van der Waals surface area contributed by atoms with E-state index in [1.54, 1.807) is 13.8 Å². The van der Waals surface area contributed by atoms with Crippen molar-refractivity contribution in [3.63, 3.8) is 0 Å². The van der Waals surface area contributed by atoms with Crippen LogP contribution in [0.5, 0.6) is 0 Å². The fourth-order valence-corrected chi connectivity index (χ4v) is 2.04.